The van der Waals surface area contributed by atoms with Crippen molar-refractivity contribution in [3.05, 3.63) is 24.0 Å². The van der Waals surface area contributed by atoms with E-state index in [2.05, 4.69) is 10.6 Å². The van der Waals surface area contributed by atoms with E-state index in [0.717, 1.165) is 25.9 Å². The highest BCUT2D eigenvalue weighted by Gasteiger charge is 2.32. The van der Waals surface area contributed by atoms with Crippen molar-refractivity contribution in [1.29, 1.82) is 0 Å². The van der Waals surface area contributed by atoms with E-state index in [9.17, 15) is 14.0 Å². The zero-order valence-corrected chi connectivity index (χ0v) is 14.1. The molecule has 0 aromatic heterocycles. The first-order valence-corrected chi connectivity index (χ1v) is 8.42. The molecule has 2 aliphatic heterocycles. The number of piperidine rings is 1. The Labute approximate surface area is 145 Å². The van der Waals surface area contributed by atoms with Gasteiger partial charge in [0, 0.05) is 13.0 Å². The lowest BCUT2D eigenvalue weighted by atomic mass is 10.1. The van der Waals surface area contributed by atoms with E-state index in [1.54, 1.807) is 12.1 Å². The lowest BCUT2D eigenvalue weighted by molar-refractivity contribution is -0.119. The fraction of sp³-hybridized carbons (Fsp3) is 0.529. The van der Waals surface area contributed by atoms with Gasteiger partial charge in [-0.2, -0.15) is 0 Å². The summed E-state index contributed by atoms with van der Waals surface area (Å²) in [4.78, 5) is 24.3. The molecule has 136 valence electrons. The highest BCUT2D eigenvalue weighted by molar-refractivity contribution is 5.89. The second-order valence-electron chi connectivity index (χ2n) is 6.24. The summed E-state index contributed by atoms with van der Waals surface area (Å²) in [5.41, 5.74) is 0.408. The van der Waals surface area contributed by atoms with Crippen molar-refractivity contribution in [3.63, 3.8) is 0 Å². The molecule has 0 aliphatic carbocycles. The average molecular weight is 351 g/mol. The smallest absolute Gasteiger partial charge is 0.414 e. The standard InChI is InChI=1S/C17H22FN3O4/c1-11(22)20-9-14-10-21(17(23)25-14)12-2-3-16(15(18)8-12)24-13-4-6-19-7-5-13/h2-3,8,13-14,19H,4-7,9-10H2,1H3,(H,20,22). The van der Waals surface area contributed by atoms with E-state index >= 15 is 0 Å². The summed E-state index contributed by atoms with van der Waals surface area (Å²) in [6.07, 6.45) is 0.668. The number of hydrogen-bond donors (Lipinski definition) is 2. The highest BCUT2D eigenvalue weighted by atomic mass is 19.1. The minimum Gasteiger partial charge on any atom is -0.487 e. The molecule has 1 aromatic carbocycles. The molecular formula is C17H22FN3O4. The summed E-state index contributed by atoms with van der Waals surface area (Å²) in [5.74, 6) is -0.507. The minimum atomic E-state index is -0.554. The Bertz CT molecular complexity index is 649. The predicted molar refractivity (Wildman–Crippen MR) is 89.2 cm³/mol. The van der Waals surface area contributed by atoms with Crippen LogP contribution in [0, 0.1) is 5.82 Å². The summed E-state index contributed by atoms with van der Waals surface area (Å²) >= 11 is 0. The number of carbonyl (C=O) groups is 2. The molecule has 2 saturated heterocycles. The van der Waals surface area contributed by atoms with Gasteiger partial charge in [-0.3, -0.25) is 9.69 Å². The third-order valence-electron chi connectivity index (χ3n) is 4.26. The molecule has 1 unspecified atom stereocenters. The number of nitrogens with one attached hydrogen (secondary N) is 2. The Hall–Kier alpha value is -2.35. The number of carbonyl (C=O) groups excluding carboxylic acids is 2. The number of anilines is 1. The van der Waals surface area contributed by atoms with Crippen molar-refractivity contribution in [2.45, 2.75) is 32.0 Å². The van der Waals surface area contributed by atoms with Crippen molar-refractivity contribution in [2.75, 3.05) is 31.1 Å². The summed E-state index contributed by atoms with van der Waals surface area (Å²) in [7, 11) is 0. The van der Waals surface area contributed by atoms with E-state index in [-0.39, 0.29) is 30.9 Å². The average Bonchev–Trinajstić information content (AvgIpc) is 2.97. The molecule has 2 aliphatic rings. The molecule has 25 heavy (non-hydrogen) atoms. The van der Waals surface area contributed by atoms with E-state index in [4.69, 9.17) is 9.47 Å². The van der Waals surface area contributed by atoms with Crippen LogP contribution in [0.4, 0.5) is 14.9 Å². The molecule has 3 rings (SSSR count). The topological polar surface area (TPSA) is 79.9 Å². The Morgan fingerprint density at radius 2 is 2.20 bits per heavy atom. The third kappa shape index (κ3) is 4.39. The molecule has 0 spiro atoms. The van der Waals surface area contributed by atoms with Crippen molar-refractivity contribution >= 4 is 17.7 Å². The van der Waals surface area contributed by atoms with Crippen LogP contribution in [0.5, 0.6) is 5.75 Å². The first-order valence-electron chi connectivity index (χ1n) is 8.42. The molecular weight excluding hydrogens is 329 g/mol. The van der Waals surface area contributed by atoms with Gasteiger partial charge in [0.2, 0.25) is 5.91 Å². The highest BCUT2D eigenvalue weighted by Crippen LogP contribution is 2.28. The van der Waals surface area contributed by atoms with Gasteiger partial charge in [0.1, 0.15) is 12.2 Å². The fourth-order valence-electron chi connectivity index (χ4n) is 2.94. The predicted octanol–water partition coefficient (Wildman–Crippen LogP) is 1.42. The maximum absolute atomic E-state index is 14.4. The molecule has 8 heteroatoms. The van der Waals surface area contributed by atoms with Crippen LogP contribution < -0.4 is 20.3 Å². The van der Waals surface area contributed by atoms with Gasteiger partial charge in [0.25, 0.3) is 0 Å². The number of benzene rings is 1. The molecule has 0 radical (unpaired) electrons. The van der Waals surface area contributed by atoms with Gasteiger partial charge >= 0.3 is 6.09 Å². The van der Waals surface area contributed by atoms with Crippen LogP contribution in [0.3, 0.4) is 0 Å². The molecule has 1 atom stereocenters. The van der Waals surface area contributed by atoms with Crippen LogP contribution in [0.1, 0.15) is 19.8 Å². The number of cyclic esters (lactones) is 1. The Kier molecular flexibility index (Phi) is 5.37. The van der Waals surface area contributed by atoms with Crippen molar-refractivity contribution < 1.29 is 23.5 Å². The molecule has 1 aromatic rings. The first-order chi connectivity index (χ1) is 12.0. The molecule has 7 nitrogen and oxygen atoms in total. The van der Waals surface area contributed by atoms with Gasteiger partial charge in [-0.1, -0.05) is 0 Å². The quantitative estimate of drug-likeness (QED) is 0.839. The van der Waals surface area contributed by atoms with Gasteiger partial charge in [0.15, 0.2) is 11.6 Å². The van der Waals surface area contributed by atoms with Crippen LogP contribution in [-0.2, 0) is 9.53 Å². The van der Waals surface area contributed by atoms with Crippen LogP contribution in [0.2, 0.25) is 0 Å². The Morgan fingerprint density at radius 3 is 2.88 bits per heavy atom. The summed E-state index contributed by atoms with van der Waals surface area (Å²) in [6, 6.07) is 4.46. The third-order valence-corrected chi connectivity index (χ3v) is 4.26. The second-order valence-corrected chi connectivity index (χ2v) is 6.24. The molecule has 2 heterocycles. The normalized spacial score (nSPS) is 21.1. The van der Waals surface area contributed by atoms with Gasteiger partial charge in [0.05, 0.1) is 18.8 Å². The number of halogens is 1. The maximum Gasteiger partial charge on any atom is 0.414 e. The zero-order chi connectivity index (χ0) is 17.8. The number of hydrogen-bond acceptors (Lipinski definition) is 5. The lowest BCUT2D eigenvalue weighted by Crippen LogP contribution is -2.34. The zero-order valence-electron chi connectivity index (χ0n) is 14.1. The number of nitrogens with zero attached hydrogens (tertiary/aromatic N) is 1. The monoisotopic (exact) mass is 351 g/mol. The SMILES string of the molecule is CC(=O)NCC1CN(c2ccc(OC3CCNCC3)c(F)c2)C(=O)O1. The molecule has 0 saturated carbocycles. The van der Waals surface area contributed by atoms with E-state index < -0.39 is 18.0 Å². The van der Waals surface area contributed by atoms with Crippen molar-refractivity contribution in [1.82, 2.24) is 10.6 Å². The van der Waals surface area contributed by atoms with Crippen LogP contribution >= 0.6 is 0 Å². The second kappa shape index (κ2) is 7.69. The van der Waals surface area contributed by atoms with Gasteiger partial charge < -0.3 is 20.1 Å². The van der Waals surface area contributed by atoms with E-state index in [0.29, 0.717) is 5.69 Å². The van der Waals surface area contributed by atoms with Gasteiger partial charge in [-0.05, 0) is 38.1 Å². The van der Waals surface area contributed by atoms with Crippen LogP contribution in [0.25, 0.3) is 0 Å². The lowest BCUT2D eigenvalue weighted by Gasteiger charge is -2.24. The van der Waals surface area contributed by atoms with Crippen molar-refractivity contribution in [2.24, 2.45) is 0 Å². The van der Waals surface area contributed by atoms with Crippen LogP contribution in [-0.4, -0.2) is 50.4 Å². The van der Waals surface area contributed by atoms with Gasteiger partial charge in [-0.25, -0.2) is 9.18 Å². The molecule has 2 amide bonds. The van der Waals surface area contributed by atoms with Gasteiger partial charge in [-0.15, -0.1) is 0 Å². The van der Waals surface area contributed by atoms with Crippen LogP contribution in [0.15, 0.2) is 18.2 Å². The Morgan fingerprint density at radius 1 is 1.44 bits per heavy atom. The maximum atomic E-state index is 14.4. The number of ether oxygens (including phenoxy) is 2. The largest absolute Gasteiger partial charge is 0.487 e. The van der Waals surface area contributed by atoms with Crippen molar-refractivity contribution in [3.8, 4) is 5.75 Å². The number of amides is 2. The summed E-state index contributed by atoms with van der Waals surface area (Å²) in [5, 5.41) is 5.83. The summed E-state index contributed by atoms with van der Waals surface area (Å²) < 4.78 is 25.3. The molecule has 0 bridgehead atoms. The molecule has 2 N–H and O–H groups in total. The Balaban J connectivity index is 1.63. The van der Waals surface area contributed by atoms with E-state index in [1.807, 2.05) is 0 Å². The first kappa shape index (κ1) is 17.5. The molecule has 2 fully saturated rings. The fourth-order valence-corrected chi connectivity index (χ4v) is 2.94. The van der Waals surface area contributed by atoms with E-state index in [1.165, 1.54) is 17.9 Å². The number of rotatable bonds is 5. The summed E-state index contributed by atoms with van der Waals surface area (Å²) in [6.45, 7) is 3.61. The minimum absolute atomic E-state index is 0.000359.